The van der Waals surface area contributed by atoms with E-state index in [1.807, 2.05) is 6.92 Å². The fraction of sp³-hybridized carbons (Fsp3) is 0.615. The van der Waals surface area contributed by atoms with Gasteiger partial charge in [-0.25, -0.2) is 4.98 Å². The van der Waals surface area contributed by atoms with E-state index in [0.717, 1.165) is 23.5 Å². The van der Waals surface area contributed by atoms with Crippen molar-refractivity contribution in [3.63, 3.8) is 0 Å². The third-order valence-corrected chi connectivity index (χ3v) is 4.06. The summed E-state index contributed by atoms with van der Waals surface area (Å²) in [6, 6.07) is 0. The van der Waals surface area contributed by atoms with Crippen molar-refractivity contribution in [3.8, 4) is 0 Å². The fourth-order valence-electron chi connectivity index (χ4n) is 2.05. The predicted molar refractivity (Wildman–Crippen MR) is 71.9 cm³/mol. The highest BCUT2D eigenvalue weighted by molar-refractivity contribution is 7.11. The molecule has 1 heterocycles. The summed E-state index contributed by atoms with van der Waals surface area (Å²) < 4.78 is 5.07. The van der Waals surface area contributed by atoms with E-state index in [4.69, 9.17) is 4.74 Å². The Bertz CT molecular complexity index is 447. The molecule has 104 valence electrons. The maximum atomic E-state index is 11.4. The zero-order valence-corrected chi connectivity index (χ0v) is 11.8. The number of thiazole rings is 1. The number of esters is 1. The number of fused-ring (bicyclic) bond motifs is 1. The number of rotatable bonds is 5. The van der Waals surface area contributed by atoms with Crippen LogP contribution in [0.25, 0.3) is 0 Å². The number of nitrogens with one attached hydrogen (secondary N) is 1. The molecule has 1 aromatic rings. The Hall–Kier alpha value is -1.43. The van der Waals surface area contributed by atoms with Crippen molar-refractivity contribution in [2.45, 2.75) is 45.6 Å². The number of amides is 1. The summed E-state index contributed by atoms with van der Waals surface area (Å²) in [6.45, 7) is 2.50. The van der Waals surface area contributed by atoms with Crippen molar-refractivity contribution < 1.29 is 14.3 Å². The molecule has 0 unspecified atom stereocenters. The number of ether oxygens (including phenoxy) is 1. The molecule has 1 aliphatic carbocycles. The van der Waals surface area contributed by atoms with Gasteiger partial charge in [0.2, 0.25) is 5.91 Å². The molecule has 5 nitrogen and oxygen atoms in total. The average Bonchev–Trinajstić information content (AvgIpc) is 2.79. The molecule has 0 spiro atoms. The molecule has 1 N–H and O–H groups in total. The number of carbonyl (C=O) groups excluding carboxylic acids is 2. The molecule has 0 atom stereocenters. The summed E-state index contributed by atoms with van der Waals surface area (Å²) in [5, 5.41) is 3.39. The topological polar surface area (TPSA) is 68.3 Å². The normalized spacial score (nSPS) is 13.7. The van der Waals surface area contributed by atoms with Crippen LogP contribution in [-0.2, 0) is 33.8 Å². The van der Waals surface area contributed by atoms with Gasteiger partial charge >= 0.3 is 5.97 Å². The van der Waals surface area contributed by atoms with Crippen molar-refractivity contribution in [1.29, 1.82) is 0 Å². The van der Waals surface area contributed by atoms with Crippen molar-refractivity contribution in [2.24, 2.45) is 0 Å². The van der Waals surface area contributed by atoms with Crippen LogP contribution in [0.3, 0.4) is 0 Å². The van der Waals surface area contributed by atoms with Gasteiger partial charge in [-0.15, -0.1) is 11.3 Å². The molecule has 0 aliphatic heterocycles. The van der Waals surface area contributed by atoms with Crippen LogP contribution in [0.1, 0.15) is 41.8 Å². The molecule has 0 fully saturated rings. The van der Waals surface area contributed by atoms with Gasteiger partial charge in [-0.3, -0.25) is 9.59 Å². The van der Waals surface area contributed by atoms with Crippen LogP contribution in [0.5, 0.6) is 0 Å². The van der Waals surface area contributed by atoms with E-state index in [9.17, 15) is 9.59 Å². The minimum Gasteiger partial charge on any atom is -0.458 e. The lowest BCUT2D eigenvalue weighted by Crippen LogP contribution is -2.25. The van der Waals surface area contributed by atoms with E-state index >= 15 is 0 Å². The minimum atomic E-state index is -0.501. The van der Waals surface area contributed by atoms with Crippen LogP contribution < -0.4 is 5.32 Å². The maximum Gasteiger partial charge on any atom is 0.315 e. The number of hydrogen-bond donors (Lipinski definition) is 1. The molecule has 19 heavy (non-hydrogen) atoms. The van der Waals surface area contributed by atoms with Crippen molar-refractivity contribution in [3.05, 3.63) is 15.6 Å². The number of aryl methyl sites for hydroxylation is 2. The van der Waals surface area contributed by atoms with Crippen molar-refractivity contribution >= 4 is 23.2 Å². The third-order valence-electron chi connectivity index (χ3n) is 2.93. The third kappa shape index (κ3) is 4.02. The summed E-state index contributed by atoms with van der Waals surface area (Å²) >= 11 is 1.62. The Morgan fingerprint density at radius 1 is 1.37 bits per heavy atom. The summed E-state index contributed by atoms with van der Waals surface area (Å²) in [6.07, 6.45) is 4.29. The standard InChI is InChI=1S/C13H18N2O3S/c1-2-14-11(16)7-13(17)18-8-12-15-9-5-3-4-6-10(9)19-12/h2-8H2,1H3,(H,14,16). The second-order valence-electron chi connectivity index (χ2n) is 4.48. The van der Waals surface area contributed by atoms with Gasteiger partial charge in [0.05, 0.1) is 5.69 Å². The zero-order chi connectivity index (χ0) is 13.7. The minimum absolute atomic E-state index is 0.176. The zero-order valence-electron chi connectivity index (χ0n) is 11.0. The largest absolute Gasteiger partial charge is 0.458 e. The lowest BCUT2D eigenvalue weighted by atomic mass is 10.0. The molecule has 1 amide bonds. The van der Waals surface area contributed by atoms with E-state index in [2.05, 4.69) is 10.3 Å². The van der Waals surface area contributed by atoms with E-state index in [-0.39, 0.29) is 18.9 Å². The first-order chi connectivity index (χ1) is 9.19. The van der Waals surface area contributed by atoms with Gasteiger partial charge in [0.25, 0.3) is 0 Å². The van der Waals surface area contributed by atoms with Crippen LogP contribution >= 0.6 is 11.3 Å². The Kier molecular flexibility index (Phi) is 4.90. The van der Waals surface area contributed by atoms with Crippen molar-refractivity contribution in [2.75, 3.05) is 6.54 Å². The van der Waals surface area contributed by atoms with Gasteiger partial charge in [0.15, 0.2) is 0 Å². The van der Waals surface area contributed by atoms with E-state index in [1.165, 1.54) is 17.7 Å². The summed E-state index contributed by atoms with van der Waals surface area (Å²) in [5.74, 6) is -0.801. The van der Waals surface area contributed by atoms with Gasteiger partial charge in [-0.2, -0.15) is 0 Å². The predicted octanol–water partition coefficient (Wildman–Crippen LogP) is 1.59. The van der Waals surface area contributed by atoms with Crippen LogP contribution in [0, 0.1) is 0 Å². The molecule has 0 aromatic carbocycles. The highest BCUT2D eigenvalue weighted by Gasteiger charge is 2.16. The Morgan fingerprint density at radius 2 is 2.16 bits per heavy atom. The van der Waals surface area contributed by atoms with E-state index < -0.39 is 5.97 Å². The maximum absolute atomic E-state index is 11.4. The second kappa shape index (κ2) is 6.65. The molecule has 2 rings (SSSR count). The average molecular weight is 282 g/mol. The van der Waals surface area contributed by atoms with Gasteiger partial charge in [0.1, 0.15) is 18.0 Å². The Balaban J connectivity index is 1.80. The lowest BCUT2D eigenvalue weighted by molar-refractivity contribution is -0.147. The molecular weight excluding hydrogens is 264 g/mol. The lowest BCUT2D eigenvalue weighted by Gasteiger charge is -2.06. The SMILES string of the molecule is CCNC(=O)CC(=O)OCc1nc2c(s1)CCCC2. The Morgan fingerprint density at radius 3 is 2.89 bits per heavy atom. The molecule has 0 saturated carbocycles. The highest BCUT2D eigenvalue weighted by atomic mass is 32.1. The number of nitrogens with zero attached hydrogens (tertiary/aromatic N) is 1. The van der Waals surface area contributed by atoms with E-state index in [1.54, 1.807) is 11.3 Å². The number of carbonyl (C=O) groups is 2. The quantitative estimate of drug-likeness (QED) is 0.658. The highest BCUT2D eigenvalue weighted by Crippen LogP contribution is 2.26. The van der Waals surface area contributed by atoms with Crippen LogP contribution in [0.15, 0.2) is 0 Å². The van der Waals surface area contributed by atoms with Gasteiger partial charge in [-0.05, 0) is 32.6 Å². The summed E-state index contributed by atoms with van der Waals surface area (Å²) in [4.78, 5) is 28.4. The fourth-order valence-corrected chi connectivity index (χ4v) is 3.12. The smallest absolute Gasteiger partial charge is 0.315 e. The van der Waals surface area contributed by atoms with Crippen LogP contribution in [-0.4, -0.2) is 23.4 Å². The monoisotopic (exact) mass is 282 g/mol. The molecule has 6 heteroatoms. The molecule has 0 saturated heterocycles. The van der Waals surface area contributed by atoms with E-state index in [0.29, 0.717) is 6.54 Å². The summed E-state index contributed by atoms with van der Waals surface area (Å²) in [7, 11) is 0. The van der Waals surface area contributed by atoms with Crippen molar-refractivity contribution in [1.82, 2.24) is 10.3 Å². The molecule has 1 aromatic heterocycles. The molecular formula is C13H18N2O3S. The van der Waals surface area contributed by atoms with Gasteiger partial charge < -0.3 is 10.1 Å². The molecule has 0 radical (unpaired) electrons. The van der Waals surface area contributed by atoms with Gasteiger partial charge in [0, 0.05) is 11.4 Å². The van der Waals surface area contributed by atoms with Crippen LogP contribution in [0.2, 0.25) is 0 Å². The Labute approximate surface area is 116 Å². The number of aromatic nitrogens is 1. The summed E-state index contributed by atoms with van der Waals surface area (Å²) in [5.41, 5.74) is 1.16. The molecule has 0 bridgehead atoms. The first-order valence-corrected chi connectivity index (χ1v) is 7.40. The second-order valence-corrected chi connectivity index (χ2v) is 5.64. The van der Waals surface area contributed by atoms with Gasteiger partial charge in [-0.1, -0.05) is 0 Å². The number of hydrogen-bond acceptors (Lipinski definition) is 5. The molecule has 1 aliphatic rings. The first-order valence-electron chi connectivity index (χ1n) is 6.58. The van der Waals surface area contributed by atoms with Crippen LogP contribution in [0.4, 0.5) is 0 Å². The first kappa shape index (κ1) is 14.0.